The highest BCUT2D eigenvalue weighted by molar-refractivity contribution is 6.46. The molecule has 1 aromatic carbocycles. The lowest BCUT2D eigenvalue weighted by Crippen LogP contribution is -2.32. The number of nitrogens with zero attached hydrogens (tertiary/aromatic N) is 4. The Morgan fingerprint density at radius 3 is 2.42 bits per heavy atom. The maximum Gasteiger partial charge on any atom is 0.295 e. The summed E-state index contributed by atoms with van der Waals surface area (Å²) in [5.41, 5.74) is 2.32. The van der Waals surface area contributed by atoms with Gasteiger partial charge in [-0.15, -0.1) is 0 Å². The van der Waals surface area contributed by atoms with Gasteiger partial charge in [0.2, 0.25) is 0 Å². The second-order valence-corrected chi connectivity index (χ2v) is 8.43. The molecule has 1 aliphatic rings. The first-order chi connectivity index (χ1) is 15.6. The molecule has 1 aromatic heterocycles. The Morgan fingerprint density at radius 2 is 1.88 bits per heavy atom. The second-order valence-electron chi connectivity index (χ2n) is 8.43. The number of likely N-dealkylation sites (tertiary alicyclic amines) is 1. The molecule has 0 unspecified atom stereocenters. The van der Waals surface area contributed by atoms with E-state index in [1.807, 2.05) is 25.9 Å². The maximum absolute atomic E-state index is 13.3. The predicted octanol–water partition coefficient (Wildman–Crippen LogP) is 2.43. The van der Waals surface area contributed by atoms with Crippen molar-refractivity contribution < 1.29 is 24.2 Å². The van der Waals surface area contributed by atoms with Gasteiger partial charge in [0.1, 0.15) is 17.3 Å². The molecule has 9 heteroatoms. The summed E-state index contributed by atoms with van der Waals surface area (Å²) in [6.07, 6.45) is 0.661. The van der Waals surface area contributed by atoms with Gasteiger partial charge in [-0.2, -0.15) is 5.10 Å². The van der Waals surface area contributed by atoms with Crippen LogP contribution in [0.5, 0.6) is 11.5 Å². The van der Waals surface area contributed by atoms with Crippen LogP contribution in [0.15, 0.2) is 23.8 Å². The summed E-state index contributed by atoms with van der Waals surface area (Å²) in [6, 6.07) is 4.39. The van der Waals surface area contributed by atoms with E-state index in [0.717, 1.165) is 6.54 Å². The van der Waals surface area contributed by atoms with Crippen molar-refractivity contribution in [3.8, 4) is 11.5 Å². The van der Waals surface area contributed by atoms with Crippen molar-refractivity contribution in [2.75, 3.05) is 41.4 Å². The third-order valence-electron chi connectivity index (χ3n) is 6.02. The summed E-state index contributed by atoms with van der Waals surface area (Å²) in [7, 11) is 8.73. The minimum atomic E-state index is -0.823. The molecule has 2 aromatic rings. The molecule has 3 rings (SSSR count). The highest BCUT2D eigenvalue weighted by Crippen LogP contribution is 2.44. The number of hydrogen-bond acceptors (Lipinski definition) is 7. The number of benzene rings is 1. The zero-order valence-electron chi connectivity index (χ0n) is 20.3. The number of rotatable bonds is 8. The number of carbonyl (C=O) groups is 2. The minimum absolute atomic E-state index is 0.0237. The van der Waals surface area contributed by atoms with Crippen molar-refractivity contribution >= 4 is 17.4 Å². The van der Waals surface area contributed by atoms with Gasteiger partial charge in [-0.1, -0.05) is 0 Å². The molecule has 1 fully saturated rings. The number of ether oxygens (including phenoxy) is 2. The van der Waals surface area contributed by atoms with Crippen LogP contribution in [0, 0.1) is 13.8 Å². The van der Waals surface area contributed by atoms with Gasteiger partial charge in [0.15, 0.2) is 0 Å². The Morgan fingerprint density at radius 1 is 1.18 bits per heavy atom. The lowest BCUT2D eigenvalue weighted by molar-refractivity contribution is -0.140. The highest BCUT2D eigenvalue weighted by Gasteiger charge is 2.47. The van der Waals surface area contributed by atoms with Crippen molar-refractivity contribution in [3.05, 3.63) is 46.3 Å². The zero-order chi connectivity index (χ0) is 24.4. The van der Waals surface area contributed by atoms with Crippen LogP contribution < -0.4 is 9.47 Å². The highest BCUT2D eigenvalue weighted by atomic mass is 16.5. The number of hydrogen-bond donors (Lipinski definition) is 1. The van der Waals surface area contributed by atoms with E-state index in [9.17, 15) is 14.7 Å². The van der Waals surface area contributed by atoms with Gasteiger partial charge >= 0.3 is 0 Å². The van der Waals surface area contributed by atoms with Crippen molar-refractivity contribution in [1.82, 2.24) is 19.6 Å². The molecule has 2 heterocycles. The van der Waals surface area contributed by atoms with E-state index in [-0.39, 0.29) is 11.3 Å². The van der Waals surface area contributed by atoms with E-state index in [4.69, 9.17) is 9.47 Å². The van der Waals surface area contributed by atoms with Crippen LogP contribution in [0.2, 0.25) is 0 Å². The Labute approximate surface area is 194 Å². The predicted molar refractivity (Wildman–Crippen MR) is 124 cm³/mol. The third-order valence-corrected chi connectivity index (χ3v) is 6.02. The molecule has 178 valence electrons. The Kier molecular flexibility index (Phi) is 7.12. The number of aliphatic hydroxyl groups excluding tert-OH is 1. The topological polar surface area (TPSA) is 97.1 Å². The van der Waals surface area contributed by atoms with Crippen molar-refractivity contribution in [2.45, 2.75) is 26.3 Å². The van der Waals surface area contributed by atoms with E-state index in [1.165, 1.54) is 12.0 Å². The molecule has 1 atom stereocenters. The molecule has 0 spiro atoms. The number of amides is 1. The molecule has 0 radical (unpaired) electrons. The van der Waals surface area contributed by atoms with Crippen molar-refractivity contribution in [3.63, 3.8) is 0 Å². The van der Waals surface area contributed by atoms with Crippen LogP contribution in [0.25, 0.3) is 5.76 Å². The Balaban J connectivity index is 2.25. The molecule has 33 heavy (non-hydrogen) atoms. The quantitative estimate of drug-likeness (QED) is 0.370. The van der Waals surface area contributed by atoms with E-state index >= 15 is 0 Å². The fourth-order valence-electron chi connectivity index (χ4n) is 4.30. The molecule has 9 nitrogen and oxygen atoms in total. The van der Waals surface area contributed by atoms with Crippen molar-refractivity contribution in [1.29, 1.82) is 0 Å². The summed E-state index contributed by atoms with van der Waals surface area (Å²) in [5, 5.41) is 15.7. The molecule has 1 amide bonds. The van der Waals surface area contributed by atoms with Gasteiger partial charge in [0.25, 0.3) is 11.7 Å². The summed E-state index contributed by atoms with van der Waals surface area (Å²) < 4.78 is 12.6. The standard InChI is InChI=1S/C24H32N4O5/c1-14-19(15(2)27(5)25-14)22(29)20-21(17-13-16(32-6)9-10-18(17)33-7)28(24(31)23(20)30)12-8-11-26(3)4/h9-10,13,21,29H,8,11-12H2,1-7H3/b22-20+/t21-/m1/s1. The van der Waals surface area contributed by atoms with Crippen LogP contribution in [-0.2, 0) is 16.6 Å². The number of aliphatic hydroxyl groups is 1. The largest absolute Gasteiger partial charge is 0.507 e. The smallest absolute Gasteiger partial charge is 0.295 e. The van der Waals surface area contributed by atoms with E-state index in [2.05, 4.69) is 5.10 Å². The van der Waals surface area contributed by atoms with Gasteiger partial charge < -0.3 is 24.4 Å². The average Bonchev–Trinajstić information content (AvgIpc) is 3.18. The Hall–Kier alpha value is -3.33. The molecule has 1 saturated heterocycles. The lowest BCUT2D eigenvalue weighted by atomic mass is 9.93. The first-order valence-corrected chi connectivity index (χ1v) is 10.8. The summed E-state index contributed by atoms with van der Waals surface area (Å²) in [6.45, 7) is 4.65. The average molecular weight is 457 g/mol. The number of methoxy groups -OCH3 is 2. The first-order valence-electron chi connectivity index (χ1n) is 10.8. The van der Waals surface area contributed by atoms with Crippen molar-refractivity contribution in [2.24, 2.45) is 7.05 Å². The van der Waals surface area contributed by atoms with Gasteiger partial charge in [0.05, 0.1) is 37.1 Å². The normalized spacial score (nSPS) is 17.8. The molecule has 1 N–H and O–H groups in total. The lowest BCUT2D eigenvalue weighted by Gasteiger charge is -2.27. The zero-order valence-corrected chi connectivity index (χ0v) is 20.3. The van der Waals surface area contributed by atoms with Crippen LogP contribution in [0.1, 0.15) is 35.0 Å². The second kappa shape index (κ2) is 9.66. The van der Waals surface area contributed by atoms with Crippen LogP contribution in [0.3, 0.4) is 0 Å². The molecule has 0 bridgehead atoms. The molecule has 0 aliphatic carbocycles. The number of aromatic nitrogens is 2. The number of Topliss-reactive ketones (excluding diaryl/α,β-unsaturated/α-hetero) is 1. The summed E-state index contributed by atoms with van der Waals surface area (Å²) in [5.74, 6) is -0.565. The third kappa shape index (κ3) is 4.45. The van der Waals surface area contributed by atoms with E-state index < -0.39 is 17.7 Å². The minimum Gasteiger partial charge on any atom is -0.507 e. The van der Waals surface area contributed by atoms with E-state index in [0.29, 0.717) is 47.0 Å². The fourth-order valence-corrected chi connectivity index (χ4v) is 4.30. The van der Waals surface area contributed by atoms with Crippen LogP contribution in [0.4, 0.5) is 0 Å². The number of aryl methyl sites for hydroxylation is 2. The maximum atomic E-state index is 13.3. The molecule has 0 saturated carbocycles. The van der Waals surface area contributed by atoms with Gasteiger partial charge in [-0.05, 0) is 59.1 Å². The monoisotopic (exact) mass is 456 g/mol. The summed E-state index contributed by atoms with van der Waals surface area (Å²) in [4.78, 5) is 30.0. The number of carbonyl (C=O) groups excluding carboxylic acids is 2. The van der Waals surface area contributed by atoms with Crippen LogP contribution in [-0.4, -0.2) is 77.8 Å². The molecule has 1 aliphatic heterocycles. The number of ketones is 1. The van der Waals surface area contributed by atoms with Gasteiger partial charge in [-0.25, -0.2) is 0 Å². The SMILES string of the molecule is COc1ccc(OC)c([C@@H]2/C(=C(\O)c3c(C)nn(C)c3C)C(=O)C(=O)N2CCCN(C)C)c1. The van der Waals surface area contributed by atoms with Gasteiger partial charge in [0, 0.05) is 24.8 Å². The summed E-state index contributed by atoms with van der Waals surface area (Å²) >= 11 is 0. The molecular weight excluding hydrogens is 424 g/mol. The fraction of sp³-hybridized carbons (Fsp3) is 0.458. The van der Waals surface area contributed by atoms with Crippen LogP contribution >= 0.6 is 0 Å². The molecular formula is C24H32N4O5. The van der Waals surface area contributed by atoms with E-state index in [1.54, 1.807) is 44.0 Å². The first kappa shape index (κ1) is 24.3. The Bertz CT molecular complexity index is 1100. The van der Waals surface area contributed by atoms with Gasteiger partial charge in [-0.3, -0.25) is 14.3 Å².